The third-order valence-corrected chi connectivity index (χ3v) is 6.83. The van der Waals surface area contributed by atoms with E-state index in [-0.39, 0.29) is 23.3 Å². The fraction of sp³-hybridized carbons (Fsp3) is 0.231. The zero-order valence-corrected chi connectivity index (χ0v) is 21.0. The van der Waals surface area contributed by atoms with Gasteiger partial charge in [0.05, 0.1) is 36.6 Å². The largest absolute Gasteiger partial charge is 0.497 e. The van der Waals surface area contributed by atoms with E-state index in [1.54, 1.807) is 58.2 Å². The van der Waals surface area contributed by atoms with E-state index >= 15 is 0 Å². The number of methoxy groups -OCH3 is 1. The van der Waals surface area contributed by atoms with Crippen LogP contribution in [-0.2, 0) is 9.53 Å². The first-order valence-corrected chi connectivity index (χ1v) is 12.0. The molecule has 0 radical (unpaired) electrons. The Labute approximate surface area is 210 Å². The molecule has 0 saturated heterocycles. The summed E-state index contributed by atoms with van der Waals surface area (Å²) in [5, 5.41) is 12.4. The lowest BCUT2D eigenvalue weighted by Gasteiger charge is -2.24. The Kier molecular flexibility index (Phi) is 7.07. The van der Waals surface area contributed by atoms with E-state index in [9.17, 15) is 19.5 Å². The molecule has 0 spiro atoms. The van der Waals surface area contributed by atoms with Gasteiger partial charge in [0.2, 0.25) is 0 Å². The van der Waals surface area contributed by atoms with Gasteiger partial charge in [0.1, 0.15) is 10.3 Å². The van der Waals surface area contributed by atoms with Crippen LogP contribution >= 0.6 is 11.3 Å². The molecule has 1 aromatic heterocycles. The number of allylic oxidation sites excluding steroid dienone is 1. The zero-order valence-electron chi connectivity index (χ0n) is 20.2. The second-order valence-electron chi connectivity index (χ2n) is 8.01. The predicted octanol–water partition coefficient (Wildman–Crippen LogP) is 2.83. The smallest absolute Gasteiger partial charge is 0.338 e. The van der Waals surface area contributed by atoms with E-state index in [4.69, 9.17) is 9.47 Å². The van der Waals surface area contributed by atoms with Crippen molar-refractivity contribution in [1.82, 2.24) is 4.57 Å². The van der Waals surface area contributed by atoms with Gasteiger partial charge in [-0.15, -0.1) is 0 Å². The summed E-state index contributed by atoms with van der Waals surface area (Å²) in [6, 6.07) is 11.3. The molecule has 4 rings (SSSR count). The van der Waals surface area contributed by atoms with Gasteiger partial charge in [-0.25, -0.2) is 14.6 Å². The zero-order chi connectivity index (χ0) is 26.0. The first kappa shape index (κ1) is 24.9. The van der Waals surface area contributed by atoms with Crippen molar-refractivity contribution in [2.24, 2.45) is 4.99 Å². The lowest BCUT2D eigenvalue weighted by Crippen LogP contribution is -2.40. The van der Waals surface area contributed by atoms with Crippen molar-refractivity contribution >= 4 is 35.2 Å². The Morgan fingerprint density at radius 2 is 1.97 bits per heavy atom. The maximum Gasteiger partial charge on any atom is 0.338 e. The van der Waals surface area contributed by atoms with Crippen molar-refractivity contribution in [2.75, 3.05) is 19.0 Å². The molecule has 9 nitrogen and oxygen atoms in total. The van der Waals surface area contributed by atoms with Gasteiger partial charge < -0.3 is 19.9 Å². The molecule has 2 N–H and O–H groups in total. The van der Waals surface area contributed by atoms with Crippen molar-refractivity contribution in [2.45, 2.75) is 26.8 Å². The molecule has 0 saturated carbocycles. The number of carbonyl (C=O) groups excluding carboxylic acids is 1. The highest BCUT2D eigenvalue weighted by Gasteiger charge is 2.33. The van der Waals surface area contributed by atoms with Gasteiger partial charge in [0.15, 0.2) is 4.80 Å². The minimum Gasteiger partial charge on any atom is -0.497 e. The number of esters is 1. The Bertz CT molecular complexity index is 1570. The highest BCUT2D eigenvalue weighted by Crippen LogP contribution is 2.32. The van der Waals surface area contributed by atoms with Crippen LogP contribution < -0.4 is 24.9 Å². The fourth-order valence-corrected chi connectivity index (χ4v) is 5.05. The van der Waals surface area contributed by atoms with Crippen LogP contribution in [0.15, 0.2) is 63.5 Å². The average molecular weight is 508 g/mol. The number of hydrogen-bond acceptors (Lipinski definition) is 8. The van der Waals surface area contributed by atoms with Gasteiger partial charge in [0, 0.05) is 11.9 Å². The maximum absolute atomic E-state index is 13.6. The predicted molar refractivity (Wildman–Crippen MR) is 136 cm³/mol. The number of ether oxygens (including phenoxy) is 2. The Morgan fingerprint density at radius 3 is 2.67 bits per heavy atom. The van der Waals surface area contributed by atoms with Crippen LogP contribution in [0.4, 0.5) is 5.69 Å². The van der Waals surface area contributed by atoms with E-state index in [1.165, 1.54) is 28.2 Å². The Morgan fingerprint density at radius 1 is 1.22 bits per heavy atom. The molecule has 1 aliphatic heterocycles. The standard InChI is InChI=1S/C26H25N3O6S/c1-5-35-25(33)21-15(3)28-26-29(22(21)16-8-6-9-17(12-16)34-4)23(30)20(36-26)13-27-19-11-7-10-18(14(19)2)24(31)32/h6-13,22,27H,5H2,1-4H3,(H,31,32)/b20-13-/t22-/m1/s1. The van der Waals surface area contributed by atoms with Gasteiger partial charge in [0.25, 0.3) is 5.56 Å². The van der Waals surface area contributed by atoms with Crippen LogP contribution in [0.2, 0.25) is 0 Å². The van der Waals surface area contributed by atoms with E-state index in [1.807, 2.05) is 6.07 Å². The number of carboxylic acid groups (broad SMARTS) is 1. The number of anilines is 1. The number of aromatic carboxylic acids is 1. The first-order chi connectivity index (χ1) is 17.3. The van der Waals surface area contributed by atoms with Gasteiger partial charge in [-0.3, -0.25) is 9.36 Å². The van der Waals surface area contributed by atoms with Crippen LogP contribution in [0.1, 0.15) is 41.4 Å². The molecule has 0 fully saturated rings. The van der Waals surface area contributed by atoms with E-state index in [0.717, 1.165) is 0 Å². The minimum absolute atomic E-state index is 0.169. The first-order valence-electron chi connectivity index (χ1n) is 11.2. The lowest BCUT2D eigenvalue weighted by atomic mass is 9.95. The minimum atomic E-state index is -1.03. The number of nitrogens with zero attached hydrogens (tertiary/aromatic N) is 2. The third kappa shape index (κ3) is 4.55. The van der Waals surface area contributed by atoms with Crippen LogP contribution in [0, 0.1) is 6.92 Å². The number of benzene rings is 2. The number of carboxylic acids is 1. The molecule has 2 heterocycles. The molecule has 0 aliphatic carbocycles. The van der Waals surface area contributed by atoms with Gasteiger partial charge >= 0.3 is 11.9 Å². The second-order valence-corrected chi connectivity index (χ2v) is 9.02. The molecule has 2 aromatic carbocycles. The average Bonchev–Trinajstić information content (AvgIpc) is 3.17. The number of hydrogen-bond donors (Lipinski definition) is 2. The SMILES string of the molecule is CCOC(=O)C1=C(C)N=c2s/c(=C\Nc3cccc(C(=O)O)c3C)c(=O)n2[C@@H]1c1cccc(OC)c1. The van der Waals surface area contributed by atoms with E-state index < -0.39 is 18.0 Å². The number of aromatic nitrogens is 1. The maximum atomic E-state index is 13.6. The van der Waals surface area contributed by atoms with Crippen LogP contribution in [0.3, 0.4) is 0 Å². The molecule has 1 aliphatic rings. The normalized spacial score (nSPS) is 15.2. The van der Waals surface area contributed by atoms with Crippen LogP contribution in [-0.4, -0.2) is 35.3 Å². The summed E-state index contributed by atoms with van der Waals surface area (Å²) in [5.41, 5.74) is 2.35. The highest BCUT2D eigenvalue weighted by atomic mass is 32.1. The number of rotatable bonds is 7. The molecular formula is C26H25N3O6S. The quantitative estimate of drug-likeness (QED) is 0.472. The second kappa shape index (κ2) is 10.2. The van der Waals surface area contributed by atoms with Crippen LogP contribution in [0.5, 0.6) is 5.75 Å². The summed E-state index contributed by atoms with van der Waals surface area (Å²) in [5.74, 6) is -0.987. The monoisotopic (exact) mass is 507 g/mol. The van der Waals surface area contributed by atoms with E-state index in [0.29, 0.717) is 37.6 Å². The molecule has 36 heavy (non-hydrogen) atoms. The topological polar surface area (TPSA) is 119 Å². The summed E-state index contributed by atoms with van der Waals surface area (Å²) in [4.78, 5) is 43.0. The molecule has 10 heteroatoms. The Hall–Kier alpha value is -4.18. The summed E-state index contributed by atoms with van der Waals surface area (Å²) in [6.45, 7) is 5.31. The molecule has 0 bridgehead atoms. The number of nitrogens with one attached hydrogen (secondary N) is 1. The van der Waals surface area contributed by atoms with Crippen molar-refractivity contribution in [3.05, 3.63) is 90.1 Å². The van der Waals surface area contributed by atoms with Crippen molar-refractivity contribution in [3.8, 4) is 5.75 Å². The van der Waals surface area contributed by atoms with E-state index in [2.05, 4.69) is 10.3 Å². The number of carbonyl (C=O) groups is 2. The third-order valence-electron chi connectivity index (χ3n) is 5.85. The molecular weight excluding hydrogens is 482 g/mol. The number of fused-ring (bicyclic) bond motifs is 1. The molecule has 1 atom stereocenters. The van der Waals surface area contributed by atoms with Crippen molar-refractivity contribution in [3.63, 3.8) is 0 Å². The highest BCUT2D eigenvalue weighted by molar-refractivity contribution is 7.07. The Balaban J connectivity index is 1.87. The van der Waals surface area contributed by atoms with Gasteiger partial charge in [-0.05, 0) is 56.2 Å². The lowest BCUT2D eigenvalue weighted by molar-refractivity contribution is -0.139. The molecule has 0 amide bonds. The summed E-state index contributed by atoms with van der Waals surface area (Å²) in [7, 11) is 1.55. The molecule has 0 unspecified atom stereocenters. The van der Waals surface area contributed by atoms with Gasteiger partial charge in [-0.1, -0.05) is 29.5 Å². The summed E-state index contributed by atoms with van der Waals surface area (Å²) in [6.07, 6.45) is 1.53. The fourth-order valence-electron chi connectivity index (χ4n) is 4.09. The number of thiazole rings is 1. The van der Waals surface area contributed by atoms with Crippen molar-refractivity contribution < 1.29 is 24.2 Å². The molecule has 186 valence electrons. The summed E-state index contributed by atoms with van der Waals surface area (Å²) >= 11 is 1.17. The van der Waals surface area contributed by atoms with Crippen molar-refractivity contribution in [1.29, 1.82) is 0 Å². The summed E-state index contributed by atoms with van der Waals surface area (Å²) < 4.78 is 12.5. The van der Waals surface area contributed by atoms with Crippen LogP contribution in [0.25, 0.3) is 6.20 Å². The molecule has 3 aromatic rings. The van der Waals surface area contributed by atoms with Gasteiger partial charge in [-0.2, -0.15) is 0 Å².